The summed E-state index contributed by atoms with van der Waals surface area (Å²) in [5.74, 6) is -2.05. The molecular weight excluding hydrogens is 387 g/mol. The Morgan fingerprint density at radius 3 is 2.43 bits per heavy atom. The quantitative estimate of drug-likeness (QED) is 0.691. The predicted molar refractivity (Wildman–Crippen MR) is 102 cm³/mol. The number of nitrogens with one attached hydrogen (secondary N) is 1. The van der Waals surface area contributed by atoms with Crippen molar-refractivity contribution in [2.45, 2.75) is 51.0 Å². The highest BCUT2D eigenvalue weighted by atomic mass is 32.2. The SMILES string of the molecule is CC(C)C(C)NC(=O)COC(=O)c1ccc(F)c(S(=O)(=O)N2CCCCC2)c1. The first kappa shape index (κ1) is 22.3. The minimum Gasteiger partial charge on any atom is -0.452 e. The molecule has 1 aliphatic heterocycles. The molecule has 1 saturated heterocycles. The first-order chi connectivity index (χ1) is 13.1. The number of piperidine rings is 1. The number of nitrogens with zero attached hydrogens (tertiary/aromatic N) is 1. The van der Waals surface area contributed by atoms with E-state index in [0.29, 0.717) is 25.9 Å². The number of carbonyl (C=O) groups is 2. The summed E-state index contributed by atoms with van der Waals surface area (Å²) in [6.07, 6.45) is 2.36. The maximum atomic E-state index is 14.2. The summed E-state index contributed by atoms with van der Waals surface area (Å²) in [5, 5.41) is 2.70. The molecule has 28 heavy (non-hydrogen) atoms. The lowest BCUT2D eigenvalue weighted by atomic mass is 10.1. The summed E-state index contributed by atoms with van der Waals surface area (Å²) in [4.78, 5) is 23.5. The molecule has 0 aliphatic carbocycles. The van der Waals surface area contributed by atoms with Gasteiger partial charge in [-0.3, -0.25) is 4.79 Å². The Bertz CT molecular complexity index is 820. The zero-order chi connectivity index (χ0) is 20.9. The maximum absolute atomic E-state index is 14.2. The van der Waals surface area contributed by atoms with Crippen LogP contribution in [0, 0.1) is 11.7 Å². The van der Waals surface area contributed by atoms with E-state index in [0.717, 1.165) is 24.6 Å². The van der Waals surface area contributed by atoms with Crippen molar-refractivity contribution in [3.63, 3.8) is 0 Å². The molecule has 0 bridgehead atoms. The van der Waals surface area contributed by atoms with E-state index in [-0.39, 0.29) is 17.5 Å². The fraction of sp³-hybridized carbons (Fsp3) is 0.579. The van der Waals surface area contributed by atoms with E-state index in [1.165, 1.54) is 4.31 Å². The van der Waals surface area contributed by atoms with E-state index < -0.39 is 39.2 Å². The third-order valence-electron chi connectivity index (χ3n) is 4.82. The van der Waals surface area contributed by atoms with Crippen LogP contribution in [0.5, 0.6) is 0 Å². The number of halogens is 1. The lowest BCUT2D eigenvalue weighted by Crippen LogP contribution is -2.38. The summed E-state index contributed by atoms with van der Waals surface area (Å²) in [5.41, 5.74) is -0.123. The largest absolute Gasteiger partial charge is 0.452 e. The van der Waals surface area contributed by atoms with Crippen molar-refractivity contribution in [1.82, 2.24) is 9.62 Å². The average Bonchev–Trinajstić information content (AvgIpc) is 2.66. The number of hydrogen-bond acceptors (Lipinski definition) is 5. The van der Waals surface area contributed by atoms with Gasteiger partial charge < -0.3 is 10.1 Å². The Hall–Kier alpha value is -2.00. The Morgan fingerprint density at radius 1 is 1.18 bits per heavy atom. The fourth-order valence-electron chi connectivity index (χ4n) is 2.75. The number of sulfonamides is 1. The van der Waals surface area contributed by atoms with Crippen LogP contribution in [-0.4, -0.2) is 50.3 Å². The Balaban J connectivity index is 2.09. The van der Waals surface area contributed by atoms with Gasteiger partial charge in [0.25, 0.3) is 5.91 Å². The smallest absolute Gasteiger partial charge is 0.338 e. The van der Waals surface area contributed by atoms with Crippen LogP contribution in [-0.2, 0) is 19.6 Å². The lowest BCUT2D eigenvalue weighted by Gasteiger charge is -2.26. The van der Waals surface area contributed by atoms with E-state index in [1.807, 2.05) is 20.8 Å². The highest BCUT2D eigenvalue weighted by Crippen LogP contribution is 2.24. The van der Waals surface area contributed by atoms with Gasteiger partial charge in [0.05, 0.1) is 5.56 Å². The molecule has 1 heterocycles. The predicted octanol–water partition coefficient (Wildman–Crippen LogP) is 2.32. The topological polar surface area (TPSA) is 92.8 Å². The molecule has 9 heteroatoms. The second-order valence-electron chi connectivity index (χ2n) is 7.29. The van der Waals surface area contributed by atoms with Crippen LogP contribution in [0.3, 0.4) is 0 Å². The van der Waals surface area contributed by atoms with Gasteiger partial charge in [-0.05, 0) is 43.9 Å². The number of esters is 1. The molecule has 1 N–H and O–H groups in total. The Labute approximate surface area is 165 Å². The minimum absolute atomic E-state index is 0.0849. The molecule has 0 radical (unpaired) electrons. The zero-order valence-corrected chi connectivity index (χ0v) is 17.2. The van der Waals surface area contributed by atoms with Gasteiger partial charge in [-0.25, -0.2) is 17.6 Å². The first-order valence-electron chi connectivity index (χ1n) is 9.39. The molecule has 1 amide bonds. The summed E-state index contributed by atoms with van der Waals surface area (Å²) >= 11 is 0. The molecule has 156 valence electrons. The molecule has 7 nitrogen and oxygen atoms in total. The van der Waals surface area contributed by atoms with Crippen LogP contribution in [0.1, 0.15) is 50.4 Å². The van der Waals surface area contributed by atoms with Crippen LogP contribution in [0.25, 0.3) is 0 Å². The monoisotopic (exact) mass is 414 g/mol. The molecular formula is C19H27FN2O5S. The van der Waals surface area contributed by atoms with Gasteiger partial charge >= 0.3 is 5.97 Å². The van der Waals surface area contributed by atoms with E-state index in [2.05, 4.69) is 5.32 Å². The van der Waals surface area contributed by atoms with Crippen LogP contribution < -0.4 is 5.32 Å². The standard InChI is InChI=1S/C19H27FN2O5S/c1-13(2)14(3)21-18(23)12-27-19(24)15-7-8-16(20)17(11-15)28(25,26)22-9-5-4-6-10-22/h7-8,11,13-14H,4-6,9-10,12H2,1-3H3,(H,21,23). The number of hydrogen-bond donors (Lipinski definition) is 1. The number of amides is 1. The van der Waals surface area contributed by atoms with Crippen LogP contribution in [0.15, 0.2) is 23.1 Å². The Kier molecular flexibility index (Phi) is 7.54. The molecule has 1 atom stereocenters. The molecule has 1 fully saturated rings. The normalized spacial score (nSPS) is 16.6. The molecule has 2 rings (SSSR count). The van der Waals surface area contributed by atoms with E-state index in [9.17, 15) is 22.4 Å². The highest BCUT2D eigenvalue weighted by molar-refractivity contribution is 7.89. The van der Waals surface area contributed by atoms with Crippen molar-refractivity contribution in [3.8, 4) is 0 Å². The summed E-state index contributed by atoms with van der Waals surface area (Å²) in [6.45, 7) is 5.87. The zero-order valence-electron chi connectivity index (χ0n) is 16.4. The van der Waals surface area contributed by atoms with Crippen molar-refractivity contribution in [2.75, 3.05) is 19.7 Å². The number of ether oxygens (including phenoxy) is 1. The molecule has 1 aliphatic rings. The first-order valence-corrected chi connectivity index (χ1v) is 10.8. The van der Waals surface area contributed by atoms with E-state index in [1.54, 1.807) is 0 Å². The second kappa shape index (κ2) is 9.47. The van der Waals surface area contributed by atoms with Crippen molar-refractivity contribution < 1.29 is 27.1 Å². The van der Waals surface area contributed by atoms with Crippen LogP contribution >= 0.6 is 0 Å². The number of rotatable bonds is 7. The molecule has 1 aromatic rings. The van der Waals surface area contributed by atoms with Gasteiger partial charge in [0.2, 0.25) is 10.0 Å². The molecule has 1 unspecified atom stereocenters. The van der Waals surface area contributed by atoms with Crippen LogP contribution in [0.4, 0.5) is 4.39 Å². The van der Waals surface area contributed by atoms with Gasteiger partial charge in [-0.1, -0.05) is 20.3 Å². The molecule has 0 aromatic heterocycles. The summed E-state index contributed by atoms with van der Waals surface area (Å²) < 4.78 is 45.8. The third-order valence-corrected chi connectivity index (χ3v) is 6.74. The third kappa shape index (κ3) is 5.51. The summed E-state index contributed by atoms with van der Waals surface area (Å²) in [7, 11) is -4.03. The minimum atomic E-state index is -4.03. The van der Waals surface area contributed by atoms with Gasteiger partial charge in [0, 0.05) is 19.1 Å². The van der Waals surface area contributed by atoms with Crippen molar-refractivity contribution in [2.24, 2.45) is 5.92 Å². The van der Waals surface area contributed by atoms with E-state index >= 15 is 0 Å². The van der Waals surface area contributed by atoms with Crippen molar-refractivity contribution in [3.05, 3.63) is 29.6 Å². The van der Waals surface area contributed by atoms with Crippen molar-refractivity contribution >= 4 is 21.9 Å². The van der Waals surface area contributed by atoms with E-state index in [4.69, 9.17) is 4.74 Å². The van der Waals surface area contributed by atoms with Gasteiger partial charge in [0.1, 0.15) is 10.7 Å². The van der Waals surface area contributed by atoms with Gasteiger partial charge in [-0.2, -0.15) is 4.31 Å². The number of benzene rings is 1. The fourth-order valence-corrected chi connectivity index (χ4v) is 4.36. The van der Waals surface area contributed by atoms with Crippen LogP contribution in [0.2, 0.25) is 0 Å². The maximum Gasteiger partial charge on any atom is 0.338 e. The lowest BCUT2D eigenvalue weighted by molar-refractivity contribution is -0.125. The average molecular weight is 414 g/mol. The summed E-state index contributed by atoms with van der Waals surface area (Å²) in [6, 6.07) is 2.95. The van der Waals surface area contributed by atoms with Gasteiger partial charge in [-0.15, -0.1) is 0 Å². The Morgan fingerprint density at radius 2 is 1.82 bits per heavy atom. The highest BCUT2D eigenvalue weighted by Gasteiger charge is 2.29. The molecule has 1 aromatic carbocycles. The van der Waals surface area contributed by atoms with Gasteiger partial charge in [0.15, 0.2) is 6.61 Å². The van der Waals surface area contributed by atoms with Crippen molar-refractivity contribution in [1.29, 1.82) is 0 Å². The molecule has 0 saturated carbocycles. The molecule has 0 spiro atoms. The second-order valence-corrected chi connectivity index (χ2v) is 9.19. The number of carbonyl (C=O) groups excluding carboxylic acids is 2.